The van der Waals surface area contributed by atoms with E-state index in [-0.39, 0.29) is 23.5 Å². The predicted octanol–water partition coefficient (Wildman–Crippen LogP) is 2.83. The number of nitrogens with zero attached hydrogens (tertiary/aromatic N) is 5. The van der Waals surface area contributed by atoms with E-state index in [0.717, 1.165) is 21.7 Å². The number of rotatable bonds is 5. The molecule has 9 heteroatoms. The van der Waals surface area contributed by atoms with Crippen LogP contribution in [-0.2, 0) is 18.4 Å². The topological polar surface area (TPSA) is 92.5 Å². The molecule has 3 aromatic heterocycles. The highest BCUT2D eigenvalue weighted by Gasteiger charge is 2.21. The molecule has 5 rings (SSSR count). The number of para-hydroxylation sites is 1. The third-order valence-electron chi connectivity index (χ3n) is 5.48. The van der Waals surface area contributed by atoms with Crippen LogP contribution in [0.25, 0.3) is 22.6 Å². The van der Waals surface area contributed by atoms with E-state index < -0.39 is 11.2 Å². The lowest BCUT2D eigenvalue weighted by Crippen LogP contribution is -2.40. The van der Waals surface area contributed by atoms with Gasteiger partial charge in [-0.15, -0.1) is 0 Å². The van der Waals surface area contributed by atoms with Crippen molar-refractivity contribution >= 4 is 22.7 Å². The smallest absolute Gasteiger partial charge is 0.332 e. The van der Waals surface area contributed by atoms with Gasteiger partial charge in [-0.3, -0.25) is 27.7 Å². The number of ether oxygens (including phenoxy) is 1. The fraction of sp³-hybridized carbons (Fsp3) is 0.167. The van der Waals surface area contributed by atoms with Crippen LogP contribution in [0.1, 0.15) is 12.6 Å². The summed E-state index contributed by atoms with van der Waals surface area (Å²) < 4.78 is 11.7. The van der Waals surface area contributed by atoms with Gasteiger partial charge in [0.2, 0.25) is 5.78 Å². The number of benzene rings is 2. The zero-order valence-electron chi connectivity index (χ0n) is 18.3. The van der Waals surface area contributed by atoms with Crippen LogP contribution in [0.3, 0.4) is 0 Å². The van der Waals surface area contributed by atoms with Gasteiger partial charge in [-0.2, -0.15) is 4.98 Å². The highest BCUT2D eigenvalue weighted by molar-refractivity contribution is 5.78. The summed E-state index contributed by atoms with van der Waals surface area (Å²) in [5.74, 6) is 1.65. The van der Waals surface area contributed by atoms with Crippen molar-refractivity contribution in [1.82, 2.24) is 23.1 Å². The molecule has 9 nitrogen and oxygen atoms in total. The number of imidazole rings is 2. The minimum atomic E-state index is -0.575. The van der Waals surface area contributed by atoms with Gasteiger partial charge in [0, 0.05) is 24.6 Å². The van der Waals surface area contributed by atoms with Gasteiger partial charge in [0.15, 0.2) is 11.2 Å². The number of hydrogen-bond donors (Lipinski definition) is 0. The van der Waals surface area contributed by atoms with Crippen LogP contribution < -0.4 is 16.0 Å². The standard InChI is InChI=1S/C24H21N5O4/c1-15-13-27-20-21(26(3)24(32)28(22(20)31)14-16(2)30)25-23(27)29(15)17-9-11-19(12-10-17)33-18-7-5-4-6-8-18/h4-13H,14H2,1-3H3. The first kappa shape index (κ1) is 20.5. The number of carbonyl (C=O) groups excluding carboxylic acids is 1. The molecule has 0 saturated heterocycles. The normalized spacial score (nSPS) is 11.4. The van der Waals surface area contributed by atoms with Gasteiger partial charge in [0.05, 0.1) is 6.54 Å². The minimum absolute atomic E-state index is 0.249. The fourth-order valence-electron chi connectivity index (χ4n) is 3.98. The Balaban J connectivity index is 1.65. The van der Waals surface area contributed by atoms with E-state index in [2.05, 4.69) is 4.98 Å². The van der Waals surface area contributed by atoms with E-state index in [1.165, 1.54) is 11.5 Å². The highest BCUT2D eigenvalue weighted by Crippen LogP contribution is 2.25. The summed E-state index contributed by atoms with van der Waals surface area (Å²) in [4.78, 5) is 42.0. The molecule has 0 aliphatic carbocycles. The van der Waals surface area contributed by atoms with Crippen LogP contribution in [-0.4, -0.2) is 28.9 Å². The Morgan fingerprint density at radius 1 is 1.00 bits per heavy atom. The molecular weight excluding hydrogens is 422 g/mol. The Labute approximate surface area is 187 Å². The summed E-state index contributed by atoms with van der Waals surface area (Å²) in [6.45, 7) is 2.97. The number of carbonyl (C=O) groups is 1. The quantitative estimate of drug-likeness (QED) is 0.417. The maximum atomic E-state index is 13.1. The molecule has 0 spiro atoms. The van der Waals surface area contributed by atoms with Crippen molar-refractivity contribution in [2.75, 3.05) is 0 Å². The molecule has 0 saturated carbocycles. The predicted molar refractivity (Wildman–Crippen MR) is 123 cm³/mol. The van der Waals surface area contributed by atoms with Crippen LogP contribution in [0.4, 0.5) is 0 Å². The lowest BCUT2D eigenvalue weighted by molar-refractivity contribution is -0.117. The fourth-order valence-corrected chi connectivity index (χ4v) is 3.98. The van der Waals surface area contributed by atoms with E-state index in [4.69, 9.17) is 4.74 Å². The van der Waals surface area contributed by atoms with E-state index in [0.29, 0.717) is 11.5 Å². The van der Waals surface area contributed by atoms with Crippen molar-refractivity contribution in [1.29, 1.82) is 0 Å². The van der Waals surface area contributed by atoms with Crippen LogP contribution >= 0.6 is 0 Å². The van der Waals surface area contributed by atoms with E-state index >= 15 is 0 Å². The molecule has 0 fully saturated rings. The summed E-state index contributed by atoms with van der Waals surface area (Å²) in [5.41, 5.74) is 1.07. The number of fused-ring (bicyclic) bond motifs is 3. The van der Waals surface area contributed by atoms with Crippen LogP contribution in [0.15, 0.2) is 70.4 Å². The maximum Gasteiger partial charge on any atom is 0.332 e. The lowest BCUT2D eigenvalue weighted by Gasteiger charge is -2.09. The van der Waals surface area contributed by atoms with Crippen molar-refractivity contribution in [2.24, 2.45) is 7.05 Å². The second-order valence-corrected chi connectivity index (χ2v) is 7.90. The number of aryl methyl sites for hydroxylation is 2. The molecule has 3 heterocycles. The van der Waals surface area contributed by atoms with Crippen molar-refractivity contribution in [2.45, 2.75) is 20.4 Å². The first-order valence-corrected chi connectivity index (χ1v) is 10.4. The molecule has 2 aromatic carbocycles. The second-order valence-electron chi connectivity index (χ2n) is 7.90. The highest BCUT2D eigenvalue weighted by atomic mass is 16.5. The molecule has 166 valence electrons. The van der Waals surface area contributed by atoms with Gasteiger partial charge in [-0.05, 0) is 50.2 Å². The summed E-state index contributed by atoms with van der Waals surface area (Å²) in [7, 11) is 1.54. The summed E-state index contributed by atoms with van der Waals surface area (Å²) in [6.07, 6.45) is 1.79. The van der Waals surface area contributed by atoms with Gasteiger partial charge >= 0.3 is 5.69 Å². The van der Waals surface area contributed by atoms with Crippen molar-refractivity contribution in [3.05, 3.63) is 87.3 Å². The summed E-state index contributed by atoms with van der Waals surface area (Å²) in [6, 6.07) is 17.0. The Hall–Kier alpha value is -4.40. The number of ketones is 1. The van der Waals surface area contributed by atoms with Gasteiger partial charge in [0.1, 0.15) is 17.3 Å². The van der Waals surface area contributed by atoms with Crippen LogP contribution in [0.5, 0.6) is 11.5 Å². The van der Waals surface area contributed by atoms with E-state index in [1.807, 2.05) is 66.1 Å². The zero-order valence-corrected chi connectivity index (χ0v) is 18.3. The molecule has 0 unspecified atom stereocenters. The first-order valence-electron chi connectivity index (χ1n) is 10.4. The third kappa shape index (κ3) is 3.34. The van der Waals surface area contributed by atoms with Gasteiger partial charge < -0.3 is 4.74 Å². The van der Waals surface area contributed by atoms with E-state index in [1.54, 1.807) is 17.6 Å². The molecule has 0 amide bonds. The van der Waals surface area contributed by atoms with Gasteiger partial charge in [-0.25, -0.2) is 4.79 Å². The molecule has 0 atom stereocenters. The number of hydrogen-bond acceptors (Lipinski definition) is 5. The zero-order chi connectivity index (χ0) is 23.3. The van der Waals surface area contributed by atoms with E-state index in [9.17, 15) is 14.4 Å². The van der Waals surface area contributed by atoms with Crippen molar-refractivity contribution in [3.63, 3.8) is 0 Å². The number of aromatic nitrogens is 5. The van der Waals surface area contributed by atoms with Gasteiger partial charge in [-0.1, -0.05) is 18.2 Å². The molecule has 33 heavy (non-hydrogen) atoms. The Bertz CT molecular complexity index is 1640. The molecule has 0 radical (unpaired) electrons. The van der Waals surface area contributed by atoms with Crippen molar-refractivity contribution in [3.8, 4) is 17.2 Å². The Morgan fingerprint density at radius 2 is 1.67 bits per heavy atom. The largest absolute Gasteiger partial charge is 0.457 e. The van der Waals surface area contributed by atoms with Crippen LogP contribution in [0.2, 0.25) is 0 Å². The molecule has 0 aliphatic heterocycles. The molecular formula is C24H21N5O4. The second kappa shape index (κ2) is 7.63. The Kier molecular flexibility index (Phi) is 4.74. The van der Waals surface area contributed by atoms with Crippen LogP contribution in [0, 0.1) is 6.92 Å². The summed E-state index contributed by atoms with van der Waals surface area (Å²) >= 11 is 0. The number of Topliss-reactive ketones (excluding diaryl/α,β-unsaturated/α-hetero) is 1. The van der Waals surface area contributed by atoms with Gasteiger partial charge in [0.25, 0.3) is 5.56 Å². The molecule has 0 bridgehead atoms. The monoisotopic (exact) mass is 443 g/mol. The Morgan fingerprint density at radius 3 is 2.33 bits per heavy atom. The average molecular weight is 443 g/mol. The first-order chi connectivity index (χ1) is 15.8. The summed E-state index contributed by atoms with van der Waals surface area (Å²) in [5, 5.41) is 0. The maximum absolute atomic E-state index is 13.1. The minimum Gasteiger partial charge on any atom is -0.457 e. The van der Waals surface area contributed by atoms with Crippen molar-refractivity contribution < 1.29 is 9.53 Å². The average Bonchev–Trinajstić information content (AvgIpc) is 3.31. The third-order valence-corrected chi connectivity index (χ3v) is 5.48. The molecule has 0 aliphatic rings. The molecule has 0 N–H and O–H groups in total. The molecule has 5 aromatic rings. The SMILES string of the molecule is CC(=O)Cn1c(=O)c2c(nc3n(-c4ccc(Oc5ccccc5)cc4)c(C)cn23)n(C)c1=O. The lowest BCUT2D eigenvalue weighted by atomic mass is 10.3.